The van der Waals surface area contributed by atoms with E-state index >= 15 is 0 Å². The monoisotopic (exact) mass is 432 g/mol. The maximum absolute atomic E-state index is 12.6. The Kier molecular flexibility index (Phi) is 8.28. The van der Waals surface area contributed by atoms with Gasteiger partial charge >= 0.3 is 11.9 Å². The van der Waals surface area contributed by atoms with Gasteiger partial charge in [-0.15, -0.1) is 0 Å². The molecule has 8 heteroatoms. The Bertz CT molecular complexity index is 796. The number of ether oxygens (including phenoxy) is 3. The molecule has 0 saturated carbocycles. The Balaban J connectivity index is 1.65. The molecule has 2 heterocycles. The van der Waals surface area contributed by atoms with Gasteiger partial charge in [0.05, 0.1) is 20.8 Å². The molecule has 1 fully saturated rings. The Hall–Kier alpha value is -2.61. The molecular weight excluding hydrogens is 400 g/mol. The quantitative estimate of drug-likeness (QED) is 0.611. The number of piperidine rings is 1. The van der Waals surface area contributed by atoms with E-state index in [1.165, 1.54) is 14.2 Å². The molecule has 0 bridgehead atoms. The van der Waals surface area contributed by atoms with Crippen LogP contribution in [0, 0.1) is 0 Å². The highest BCUT2D eigenvalue weighted by Gasteiger charge is 2.29. The average molecular weight is 433 g/mol. The normalized spacial score (nSPS) is 19.0. The number of rotatable bonds is 7. The van der Waals surface area contributed by atoms with E-state index in [1.54, 1.807) is 4.90 Å². The number of hydrogen-bond donors (Lipinski definition) is 0. The molecule has 8 nitrogen and oxygen atoms in total. The summed E-state index contributed by atoms with van der Waals surface area (Å²) in [6, 6.07) is 5.84. The molecule has 31 heavy (non-hydrogen) atoms. The molecule has 2 aliphatic heterocycles. The molecule has 0 aliphatic carbocycles. The number of methoxy groups -OCH3 is 2. The first kappa shape index (κ1) is 23.1. The van der Waals surface area contributed by atoms with Gasteiger partial charge in [-0.1, -0.05) is 12.5 Å². The van der Waals surface area contributed by atoms with E-state index in [-0.39, 0.29) is 30.3 Å². The van der Waals surface area contributed by atoms with Crippen molar-refractivity contribution in [2.75, 3.05) is 33.9 Å². The fourth-order valence-corrected chi connectivity index (χ4v) is 4.22. The second-order valence-electron chi connectivity index (χ2n) is 8.04. The van der Waals surface area contributed by atoms with Crippen molar-refractivity contribution in [3.63, 3.8) is 0 Å². The van der Waals surface area contributed by atoms with Gasteiger partial charge in [0.1, 0.15) is 18.4 Å². The third-order valence-electron chi connectivity index (χ3n) is 5.93. The molecular formula is C23H32N2O6. The lowest BCUT2D eigenvalue weighted by Crippen LogP contribution is -2.44. The van der Waals surface area contributed by atoms with Gasteiger partial charge < -0.3 is 19.1 Å². The third kappa shape index (κ3) is 6.19. The van der Waals surface area contributed by atoms with Crippen LogP contribution in [-0.4, -0.2) is 67.6 Å². The van der Waals surface area contributed by atoms with E-state index in [1.807, 2.05) is 12.1 Å². The highest BCUT2D eigenvalue weighted by atomic mass is 16.5. The Morgan fingerprint density at radius 2 is 1.94 bits per heavy atom. The predicted octanol–water partition coefficient (Wildman–Crippen LogP) is 2.28. The molecule has 1 amide bonds. The zero-order valence-corrected chi connectivity index (χ0v) is 18.4. The molecule has 0 radical (unpaired) electrons. The summed E-state index contributed by atoms with van der Waals surface area (Å²) < 4.78 is 15.5. The number of carbonyl (C=O) groups is 3. The number of esters is 2. The maximum Gasteiger partial charge on any atom is 0.323 e. The van der Waals surface area contributed by atoms with Crippen molar-refractivity contribution in [3.8, 4) is 5.75 Å². The van der Waals surface area contributed by atoms with Gasteiger partial charge in [-0.3, -0.25) is 19.3 Å². The van der Waals surface area contributed by atoms with E-state index in [0.29, 0.717) is 39.1 Å². The van der Waals surface area contributed by atoms with E-state index in [0.717, 1.165) is 42.7 Å². The summed E-state index contributed by atoms with van der Waals surface area (Å²) in [5, 5.41) is 0. The molecule has 170 valence electrons. The first-order chi connectivity index (χ1) is 15.0. The SMILES string of the molecule is COC(=O)CCCC(=O)N1CCOc2ccc(CN3CCCC[C@@H]3C(=O)OC)cc2C1. The van der Waals surface area contributed by atoms with Crippen LogP contribution in [0.5, 0.6) is 5.75 Å². The van der Waals surface area contributed by atoms with Gasteiger partial charge in [-0.05, 0) is 43.5 Å². The van der Waals surface area contributed by atoms with E-state index in [2.05, 4.69) is 15.7 Å². The molecule has 1 saturated heterocycles. The second kappa shape index (κ2) is 11.1. The van der Waals surface area contributed by atoms with Gasteiger partial charge in [0.2, 0.25) is 5.91 Å². The van der Waals surface area contributed by atoms with Crippen molar-refractivity contribution in [1.29, 1.82) is 0 Å². The summed E-state index contributed by atoms with van der Waals surface area (Å²) in [4.78, 5) is 40.0. The molecule has 0 aromatic heterocycles. The lowest BCUT2D eigenvalue weighted by atomic mass is 10.0. The van der Waals surface area contributed by atoms with E-state index in [9.17, 15) is 14.4 Å². The van der Waals surface area contributed by atoms with Crippen molar-refractivity contribution in [3.05, 3.63) is 29.3 Å². The van der Waals surface area contributed by atoms with Crippen molar-refractivity contribution in [1.82, 2.24) is 9.80 Å². The zero-order valence-electron chi connectivity index (χ0n) is 18.4. The zero-order chi connectivity index (χ0) is 22.2. The van der Waals surface area contributed by atoms with Crippen LogP contribution in [0.25, 0.3) is 0 Å². The fourth-order valence-electron chi connectivity index (χ4n) is 4.22. The van der Waals surface area contributed by atoms with Gasteiger partial charge in [0.15, 0.2) is 0 Å². The van der Waals surface area contributed by atoms with Crippen molar-refractivity contribution >= 4 is 17.8 Å². The van der Waals surface area contributed by atoms with Crippen LogP contribution in [0.4, 0.5) is 0 Å². The Morgan fingerprint density at radius 3 is 2.71 bits per heavy atom. The average Bonchev–Trinajstić information content (AvgIpc) is 3.01. The first-order valence-corrected chi connectivity index (χ1v) is 10.9. The summed E-state index contributed by atoms with van der Waals surface area (Å²) in [6.45, 7) is 2.93. The minimum Gasteiger partial charge on any atom is -0.491 e. The molecule has 0 unspecified atom stereocenters. The number of amides is 1. The molecule has 0 N–H and O–H groups in total. The first-order valence-electron chi connectivity index (χ1n) is 10.9. The topological polar surface area (TPSA) is 85.4 Å². The molecule has 2 aliphatic rings. The van der Waals surface area contributed by atoms with Crippen LogP contribution < -0.4 is 4.74 Å². The standard InChI is InChI=1S/C23H32N2O6/c1-29-22(27)8-5-7-21(26)25-12-13-31-20-10-9-17(14-18(20)16-25)15-24-11-4-3-6-19(24)23(28)30-2/h9-10,14,19H,3-8,11-13,15-16H2,1-2H3/t19-/m1/s1. The highest BCUT2D eigenvalue weighted by Crippen LogP contribution is 2.27. The van der Waals surface area contributed by atoms with Crippen LogP contribution >= 0.6 is 0 Å². The molecule has 1 aromatic carbocycles. The van der Waals surface area contributed by atoms with Gasteiger partial charge in [0.25, 0.3) is 0 Å². The number of benzene rings is 1. The summed E-state index contributed by atoms with van der Waals surface area (Å²) >= 11 is 0. The van der Waals surface area contributed by atoms with Crippen LogP contribution in [0.15, 0.2) is 18.2 Å². The predicted molar refractivity (Wildman–Crippen MR) is 113 cm³/mol. The summed E-state index contributed by atoms with van der Waals surface area (Å²) in [7, 11) is 2.79. The fraction of sp³-hybridized carbons (Fsp3) is 0.609. The number of carbonyl (C=O) groups excluding carboxylic acids is 3. The number of likely N-dealkylation sites (tertiary alicyclic amines) is 1. The number of nitrogens with zero attached hydrogens (tertiary/aromatic N) is 2. The lowest BCUT2D eigenvalue weighted by Gasteiger charge is -2.33. The Labute approximate surface area is 183 Å². The smallest absolute Gasteiger partial charge is 0.323 e. The van der Waals surface area contributed by atoms with Crippen molar-refractivity contribution < 1.29 is 28.6 Å². The van der Waals surface area contributed by atoms with Crippen LogP contribution in [0.2, 0.25) is 0 Å². The van der Waals surface area contributed by atoms with Gasteiger partial charge in [-0.25, -0.2) is 0 Å². The molecule has 1 atom stereocenters. The highest BCUT2D eigenvalue weighted by molar-refractivity contribution is 5.77. The number of fused-ring (bicyclic) bond motifs is 1. The second-order valence-corrected chi connectivity index (χ2v) is 8.04. The Morgan fingerprint density at radius 1 is 1.10 bits per heavy atom. The lowest BCUT2D eigenvalue weighted by molar-refractivity contribution is -0.148. The minimum atomic E-state index is -0.301. The number of hydrogen-bond acceptors (Lipinski definition) is 7. The molecule has 3 rings (SSSR count). The maximum atomic E-state index is 12.6. The summed E-state index contributed by atoms with van der Waals surface area (Å²) in [5.74, 6) is 0.316. The van der Waals surface area contributed by atoms with Crippen molar-refractivity contribution in [2.24, 2.45) is 0 Å². The van der Waals surface area contributed by atoms with E-state index < -0.39 is 0 Å². The van der Waals surface area contributed by atoms with Gasteiger partial charge in [-0.2, -0.15) is 0 Å². The summed E-state index contributed by atoms with van der Waals surface area (Å²) in [6.07, 6.45) is 3.92. The van der Waals surface area contributed by atoms with E-state index in [4.69, 9.17) is 9.47 Å². The van der Waals surface area contributed by atoms with Gasteiger partial charge in [0, 0.05) is 31.5 Å². The molecule has 1 aromatic rings. The van der Waals surface area contributed by atoms with Crippen molar-refractivity contribution in [2.45, 2.75) is 57.7 Å². The largest absolute Gasteiger partial charge is 0.491 e. The molecule has 0 spiro atoms. The van der Waals surface area contributed by atoms with Crippen LogP contribution in [0.3, 0.4) is 0 Å². The van der Waals surface area contributed by atoms with Crippen LogP contribution in [0.1, 0.15) is 49.7 Å². The minimum absolute atomic E-state index is 0.00698. The van der Waals surface area contributed by atoms with Crippen LogP contribution in [-0.2, 0) is 36.9 Å². The third-order valence-corrected chi connectivity index (χ3v) is 5.93. The summed E-state index contributed by atoms with van der Waals surface area (Å²) in [5.41, 5.74) is 2.04.